The Balaban J connectivity index is 1.71. The summed E-state index contributed by atoms with van der Waals surface area (Å²) in [6, 6.07) is 0.0222. The van der Waals surface area contributed by atoms with Gasteiger partial charge in [-0.15, -0.1) is 0 Å². The molecular formula is C39H75N3O3. The molecule has 2 atom stereocenters. The van der Waals surface area contributed by atoms with Gasteiger partial charge < -0.3 is 19.4 Å². The smallest absolute Gasteiger partial charge is 0.311 e. The van der Waals surface area contributed by atoms with Crippen LogP contribution in [0.2, 0.25) is 0 Å². The van der Waals surface area contributed by atoms with Crippen LogP contribution in [-0.2, 0) is 14.3 Å². The summed E-state index contributed by atoms with van der Waals surface area (Å²) >= 11 is 0. The molecule has 2 heterocycles. The third kappa shape index (κ3) is 18.7. The molecule has 6 heteroatoms. The van der Waals surface area contributed by atoms with E-state index in [-0.39, 0.29) is 23.8 Å². The number of likely N-dealkylation sites (N-methyl/N-ethyl adjacent to an activating group) is 1. The van der Waals surface area contributed by atoms with Crippen molar-refractivity contribution in [2.45, 2.75) is 180 Å². The number of likely N-dealkylation sites (tertiary alicyclic amines) is 1. The molecule has 45 heavy (non-hydrogen) atoms. The number of unbranched alkanes of at least 4 members (excludes halogenated alkanes) is 19. The van der Waals surface area contributed by atoms with Gasteiger partial charge >= 0.3 is 5.97 Å². The van der Waals surface area contributed by atoms with E-state index in [0.717, 1.165) is 65.0 Å². The zero-order chi connectivity index (χ0) is 32.4. The van der Waals surface area contributed by atoms with Gasteiger partial charge in [0.1, 0.15) is 0 Å². The van der Waals surface area contributed by atoms with E-state index < -0.39 is 0 Å². The molecule has 0 spiro atoms. The van der Waals surface area contributed by atoms with Crippen molar-refractivity contribution in [3.63, 3.8) is 0 Å². The number of rotatable bonds is 28. The Bertz CT molecular complexity index is 724. The van der Waals surface area contributed by atoms with E-state index in [9.17, 15) is 9.59 Å². The zero-order valence-corrected chi connectivity index (χ0v) is 30.3. The third-order valence-corrected chi connectivity index (χ3v) is 10.5. The lowest BCUT2D eigenvalue weighted by Crippen LogP contribution is -2.51. The van der Waals surface area contributed by atoms with Crippen LogP contribution in [0.5, 0.6) is 0 Å². The summed E-state index contributed by atoms with van der Waals surface area (Å²) in [6.07, 6.45) is 30.6. The molecule has 0 aromatic rings. The second kappa shape index (κ2) is 26.9. The lowest BCUT2D eigenvalue weighted by Gasteiger charge is -2.40. The number of esters is 1. The second-order valence-electron chi connectivity index (χ2n) is 14.5. The molecular weight excluding hydrogens is 558 g/mol. The van der Waals surface area contributed by atoms with Crippen LogP contribution in [0, 0.1) is 5.92 Å². The number of carbonyl (C=O) groups excluding carboxylic acids is 2. The van der Waals surface area contributed by atoms with E-state index >= 15 is 0 Å². The number of piperazine rings is 1. The fourth-order valence-corrected chi connectivity index (χ4v) is 7.37. The van der Waals surface area contributed by atoms with Crippen molar-refractivity contribution in [3.8, 4) is 0 Å². The fraction of sp³-hybridized carbons (Fsp3) is 0.949. The standard InChI is InChI=1S/C39H75N3O3/c1-4-6-8-10-12-13-14-15-16-17-18-20-22-24-30-42-37(26-23-21-19-11-9-7-5-2)36(27-28-38(42)43)39(44)45-35-25-29-41-33-31-40(3)32-34-41/h36-37H,4-35H2,1-3H3/t36-,37+/m0/s1. The molecule has 6 nitrogen and oxygen atoms in total. The summed E-state index contributed by atoms with van der Waals surface area (Å²) in [5.41, 5.74) is 0. The van der Waals surface area contributed by atoms with E-state index in [1.54, 1.807) is 0 Å². The van der Waals surface area contributed by atoms with Gasteiger partial charge in [0, 0.05) is 51.7 Å². The SMILES string of the molecule is CCCCCCCCCCCCCCCCN1C(=O)CC[C@H](C(=O)OCCCN2CCN(C)CC2)[C@H]1CCCCCCCCC. The van der Waals surface area contributed by atoms with Crippen molar-refractivity contribution in [2.24, 2.45) is 5.92 Å². The van der Waals surface area contributed by atoms with E-state index in [4.69, 9.17) is 4.74 Å². The van der Waals surface area contributed by atoms with Gasteiger partial charge in [0.2, 0.25) is 5.91 Å². The van der Waals surface area contributed by atoms with Crippen molar-refractivity contribution >= 4 is 11.9 Å². The van der Waals surface area contributed by atoms with Crippen molar-refractivity contribution in [2.75, 3.05) is 52.9 Å². The van der Waals surface area contributed by atoms with Crippen LogP contribution in [0.3, 0.4) is 0 Å². The molecule has 2 aliphatic heterocycles. The molecule has 0 aliphatic carbocycles. The Kier molecular flexibility index (Phi) is 23.9. The maximum absolute atomic E-state index is 13.4. The van der Waals surface area contributed by atoms with Crippen LogP contribution >= 0.6 is 0 Å². The summed E-state index contributed by atoms with van der Waals surface area (Å²) in [4.78, 5) is 33.5. The lowest BCUT2D eigenvalue weighted by atomic mass is 9.85. The molecule has 2 rings (SSSR count). The number of hydrogen-bond acceptors (Lipinski definition) is 5. The minimum atomic E-state index is -0.155. The van der Waals surface area contributed by atoms with E-state index in [2.05, 4.69) is 35.6 Å². The molecule has 2 fully saturated rings. The van der Waals surface area contributed by atoms with E-state index in [0.29, 0.717) is 19.4 Å². The Labute approximate surface area is 279 Å². The zero-order valence-electron chi connectivity index (χ0n) is 30.3. The minimum Gasteiger partial charge on any atom is -0.465 e. The molecule has 2 saturated heterocycles. The summed E-state index contributed by atoms with van der Waals surface area (Å²) in [5.74, 6) is 0.0506. The van der Waals surface area contributed by atoms with Gasteiger partial charge in [-0.3, -0.25) is 9.59 Å². The first-order valence-corrected chi connectivity index (χ1v) is 19.9. The summed E-state index contributed by atoms with van der Waals surface area (Å²) < 4.78 is 5.89. The second-order valence-corrected chi connectivity index (χ2v) is 14.5. The molecule has 1 amide bonds. The number of piperidine rings is 1. The number of hydrogen-bond donors (Lipinski definition) is 0. The van der Waals surface area contributed by atoms with Crippen LogP contribution in [0.1, 0.15) is 174 Å². The molecule has 264 valence electrons. The normalized spacial score (nSPS) is 19.8. The highest BCUT2D eigenvalue weighted by molar-refractivity contribution is 5.82. The summed E-state index contributed by atoms with van der Waals surface area (Å²) in [6.45, 7) is 11.3. The predicted molar refractivity (Wildman–Crippen MR) is 191 cm³/mol. The Morgan fingerprint density at radius 2 is 1.13 bits per heavy atom. The Hall–Kier alpha value is -1.14. The highest BCUT2D eigenvalue weighted by atomic mass is 16.5. The fourth-order valence-electron chi connectivity index (χ4n) is 7.37. The first-order valence-electron chi connectivity index (χ1n) is 19.9. The highest BCUT2D eigenvalue weighted by Gasteiger charge is 2.39. The molecule has 2 aliphatic rings. The topological polar surface area (TPSA) is 53.1 Å². The van der Waals surface area contributed by atoms with E-state index in [1.165, 1.54) is 122 Å². The Morgan fingerprint density at radius 3 is 1.67 bits per heavy atom. The van der Waals surface area contributed by atoms with Gasteiger partial charge in [-0.25, -0.2) is 0 Å². The molecule has 0 aromatic heterocycles. The largest absolute Gasteiger partial charge is 0.465 e. The lowest BCUT2D eigenvalue weighted by molar-refractivity contribution is -0.157. The first-order chi connectivity index (χ1) is 22.1. The predicted octanol–water partition coefficient (Wildman–Crippen LogP) is 9.40. The van der Waals surface area contributed by atoms with Crippen molar-refractivity contribution in [3.05, 3.63) is 0 Å². The van der Waals surface area contributed by atoms with Gasteiger partial charge in [0.25, 0.3) is 0 Å². The van der Waals surface area contributed by atoms with E-state index in [1.807, 2.05) is 0 Å². The van der Waals surface area contributed by atoms with Gasteiger partial charge in [-0.1, -0.05) is 142 Å². The average molecular weight is 634 g/mol. The maximum Gasteiger partial charge on any atom is 0.311 e. The average Bonchev–Trinajstić information content (AvgIpc) is 3.04. The van der Waals surface area contributed by atoms with Crippen LogP contribution in [0.15, 0.2) is 0 Å². The highest BCUT2D eigenvalue weighted by Crippen LogP contribution is 2.30. The number of nitrogens with zero attached hydrogens (tertiary/aromatic N) is 3. The van der Waals surface area contributed by atoms with Gasteiger partial charge in [-0.05, 0) is 32.7 Å². The van der Waals surface area contributed by atoms with Gasteiger partial charge in [0.15, 0.2) is 0 Å². The maximum atomic E-state index is 13.4. The number of ether oxygens (including phenoxy) is 1. The van der Waals surface area contributed by atoms with Gasteiger partial charge in [0.05, 0.1) is 12.5 Å². The molecule has 0 radical (unpaired) electrons. The van der Waals surface area contributed by atoms with Crippen LogP contribution < -0.4 is 0 Å². The van der Waals surface area contributed by atoms with Crippen LogP contribution in [0.4, 0.5) is 0 Å². The van der Waals surface area contributed by atoms with Crippen molar-refractivity contribution in [1.82, 2.24) is 14.7 Å². The minimum absolute atomic E-state index is 0.0222. The summed E-state index contributed by atoms with van der Waals surface area (Å²) in [5, 5.41) is 0. The molecule has 0 saturated carbocycles. The first kappa shape index (κ1) is 40.0. The van der Waals surface area contributed by atoms with Crippen molar-refractivity contribution in [1.29, 1.82) is 0 Å². The van der Waals surface area contributed by atoms with Crippen LogP contribution in [-0.4, -0.2) is 85.5 Å². The molecule has 0 unspecified atom stereocenters. The molecule has 0 aromatic carbocycles. The monoisotopic (exact) mass is 634 g/mol. The number of carbonyl (C=O) groups is 2. The Morgan fingerprint density at radius 1 is 0.644 bits per heavy atom. The number of amides is 1. The van der Waals surface area contributed by atoms with Crippen LogP contribution in [0.25, 0.3) is 0 Å². The molecule has 0 bridgehead atoms. The quantitative estimate of drug-likeness (QED) is 0.0635. The van der Waals surface area contributed by atoms with Gasteiger partial charge in [-0.2, -0.15) is 0 Å². The van der Waals surface area contributed by atoms with Crippen molar-refractivity contribution < 1.29 is 14.3 Å². The third-order valence-electron chi connectivity index (χ3n) is 10.5. The molecule has 0 N–H and O–H groups in total. The summed E-state index contributed by atoms with van der Waals surface area (Å²) in [7, 11) is 2.18.